The molecule has 4 nitrogen and oxygen atoms in total. The summed E-state index contributed by atoms with van der Waals surface area (Å²) in [7, 11) is 0. The monoisotopic (exact) mass is 318 g/mol. The zero-order valence-electron chi connectivity index (χ0n) is 11.4. The van der Waals surface area contributed by atoms with E-state index in [0.717, 1.165) is 22.7 Å². The van der Waals surface area contributed by atoms with Crippen LogP contribution in [-0.4, -0.2) is 26.4 Å². The first-order chi connectivity index (χ1) is 10.1. The number of thiophene rings is 1. The number of rotatable bonds is 5. The van der Waals surface area contributed by atoms with Gasteiger partial charge < -0.3 is 9.67 Å². The van der Waals surface area contributed by atoms with Crippen molar-refractivity contribution in [3.05, 3.63) is 46.2 Å². The van der Waals surface area contributed by atoms with Gasteiger partial charge in [-0.2, -0.15) is 0 Å². The van der Waals surface area contributed by atoms with Crippen LogP contribution in [0.5, 0.6) is 0 Å². The summed E-state index contributed by atoms with van der Waals surface area (Å²) >= 11 is 2.96. The molecule has 108 valence electrons. The van der Waals surface area contributed by atoms with Crippen LogP contribution in [0, 0.1) is 6.92 Å². The summed E-state index contributed by atoms with van der Waals surface area (Å²) in [5, 5.41) is 11.7. The Kier molecular flexibility index (Phi) is 3.98. The molecule has 21 heavy (non-hydrogen) atoms. The summed E-state index contributed by atoms with van der Waals surface area (Å²) in [6, 6.07) is 10.2. The van der Waals surface area contributed by atoms with E-state index in [1.54, 1.807) is 11.3 Å². The maximum atomic E-state index is 10.8. The van der Waals surface area contributed by atoms with Crippen LogP contribution < -0.4 is 0 Å². The van der Waals surface area contributed by atoms with Crippen molar-refractivity contribution >= 4 is 40.1 Å². The molecule has 0 amide bonds. The fraction of sp³-hybridized carbons (Fsp3) is 0.200. The smallest absolute Gasteiger partial charge is 0.313 e. The molecule has 3 aromatic rings. The minimum Gasteiger partial charge on any atom is -0.481 e. The highest BCUT2D eigenvalue weighted by Gasteiger charge is 2.13. The van der Waals surface area contributed by atoms with Gasteiger partial charge in [0.1, 0.15) is 0 Å². The maximum absolute atomic E-state index is 10.8. The lowest BCUT2D eigenvalue weighted by Gasteiger charge is -2.07. The summed E-state index contributed by atoms with van der Waals surface area (Å²) in [4.78, 5) is 16.6. The number of aliphatic carboxylic acids is 1. The maximum Gasteiger partial charge on any atom is 0.313 e. The van der Waals surface area contributed by atoms with Crippen molar-refractivity contribution in [1.29, 1.82) is 0 Å². The van der Waals surface area contributed by atoms with E-state index in [9.17, 15) is 4.79 Å². The van der Waals surface area contributed by atoms with Gasteiger partial charge in [-0.05, 0) is 36.1 Å². The number of thioether (sulfide) groups is 1. The number of carbonyl (C=O) groups is 1. The van der Waals surface area contributed by atoms with Crippen molar-refractivity contribution in [2.75, 3.05) is 5.75 Å². The predicted octanol–water partition coefficient (Wildman–Crippen LogP) is 3.63. The molecule has 6 heteroatoms. The largest absolute Gasteiger partial charge is 0.481 e. The van der Waals surface area contributed by atoms with Crippen LogP contribution in [-0.2, 0) is 11.3 Å². The minimum absolute atomic E-state index is 0.0206. The van der Waals surface area contributed by atoms with Crippen molar-refractivity contribution in [3.8, 4) is 0 Å². The first-order valence-corrected chi connectivity index (χ1v) is 8.34. The molecule has 2 heterocycles. The Morgan fingerprint density at radius 2 is 2.29 bits per heavy atom. The van der Waals surface area contributed by atoms with Crippen LogP contribution in [0.1, 0.15) is 10.4 Å². The first-order valence-electron chi connectivity index (χ1n) is 6.47. The average molecular weight is 318 g/mol. The van der Waals surface area contributed by atoms with Crippen LogP contribution in [0.4, 0.5) is 0 Å². The van der Waals surface area contributed by atoms with E-state index >= 15 is 0 Å². The van der Waals surface area contributed by atoms with E-state index in [4.69, 9.17) is 5.11 Å². The summed E-state index contributed by atoms with van der Waals surface area (Å²) in [6.07, 6.45) is 0. The van der Waals surface area contributed by atoms with Crippen molar-refractivity contribution in [2.45, 2.75) is 18.6 Å². The fourth-order valence-corrected chi connectivity index (χ4v) is 3.59. The van der Waals surface area contributed by atoms with Crippen molar-refractivity contribution in [2.24, 2.45) is 0 Å². The van der Waals surface area contributed by atoms with E-state index in [-0.39, 0.29) is 5.75 Å². The predicted molar refractivity (Wildman–Crippen MR) is 86.3 cm³/mol. The standard InChI is InChI=1S/C15H14N2O2S2/c1-10-4-5-12-13(7-10)17(8-11-3-2-6-20-11)15(16-12)21-9-14(18)19/h2-7H,8-9H2,1H3,(H,18,19). The number of nitrogens with zero attached hydrogens (tertiary/aromatic N) is 2. The Labute approximate surface area is 130 Å². The molecule has 0 spiro atoms. The second-order valence-corrected chi connectivity index (χ2v) is 6.71. The second kappa shape index (κ2) is 5.91. The van der Waals surface area contributed by atoms with Gasteiger partial charge in [0.05, 0.1) is 23.3 Å². The molecule has 0 fully saturated rings. The molecule has 0 bridgehead atoms. The quantitative estimate of drug-likeness (QED) is 0.730. The minimum atomic E-state index is -0.828. The van der Waals surface area contributed by atoms with Gasteiger partial charge in [0.2, 0.25) is 0 Å². The molecule has 0 aliphatic rings. The highest BCUT2D eigenvalue weighted by atomic mass is 32.2. The molecule has 0 saturated carbocycles. The summed E-state index contributed by atoms with van der Waals surface area (Å²) in [6.45, 7) is 2.77. The zero-order valence-corrected chi connectivity index (χ0v) is 13.1. The van der Waals surface area contributed by atoms with E-state index in [1.807, 2.05) is 30.5 Å². The Morgan fingerprint density at radius 3 is 3.00 bits per heavy atom. The third-order valence-electron chi connectivity index (χ3n) is 3.09. The normalized spacial score (nSPS) is 11.1. The van der Waals surface area contributed by atoms with Crippen molar-refractivity contribution in [3.63, 3.8) is 0 Å². The Bertz CT molecular complexity index is 778. The van der Waals surface area contributed by atoms with Gasteiger partial charge in [-0.1, -0.05) is 23.9 Å². The molecule has 1 N–H and O–H groups in total. The SMILES string of the molecule is Cc1ccc2nc(SCC(=O)O)n(Cc3cccs3)c2c1. The van der Waals surface area contributed by atoms with E-state index in [1.165, 1.54) is 22.2 Å². The second-order valence-electron chi connectivity index (χ2n) is 4.73. The molecular formula is C15H14N2O2S2. The molecule has 0 saturated heterocycles. The average Bonchev–Trinajstić information content (AvgIpc) is 3.06. The van der Waals surface area contributed by atoms with Gasteiger partial charge in [-0.25, -0.2) is 4.98 Å². The Balaban J connectivity index is 2.04. The summed E-state index contributed by atoms with van der Waals surface area (Å²) in [5.41, 5.74) is 3.13. The van der Waals surface area contributed by atoms with E-state index < -0.39 is 5.97 Å². The van der Waals surface area contributed by atoms with Crippen LogP contribution in [0.25, 0.3) is 11.0 Å². The number of hydrogen-bond acceptors (Lipinski definition) is 4. The number of aromatic nitrogens is 2. The third-order valence-corrected chi connectivity index (χ3v) is 4.91. The zero-order chi connectivity index (χ0) is 14.8. The molecule has 0 radical (unpaired) electrons. The fourth-order valence-electron chi connectivity index (χ4n) is 2.16. The van der Waals surface area contributed by atoms with Crippen molar-refractivity contribution in [1.82, 2.24) is 9.55 Å². The van der Waals surface area contributed by atoms with Crippen LogP contribution in [0.2, 0.25) is 0 Å². The van der Waals surface area contributed by atoms with Crippen LogP contribution in [0.15, 0.2) is 40.9 Å². The van der Waals surface area contributed by atoms with Crippen molar-refractivity contribution < 1.29 is 9.90 Å². The van der Waals surface area contributed by atoms with Gasteiger partial charge in [-0.3, -0.25) is 4.79 Å². The third kappa shape index (κ3) is 3.11. The van der Waals surface area contributed by atoms with Gasteiger partial charge >= 0.3 is 5.97 Å². The lowest BCUT2D eigenvalue weighted by molar-refractivity contribution is -0.133. The Morgan fingerprint density at radius 1 is 1.43 bits per heavy atom. The molecule has 3 rings (SSSR count). The lowest BCUT2D eigenvalue weighted by Crippen LogP contribution is -2.03. The molecular weight excluding hydrogens is 304 g/mol. The molecule has 1 aromatic carbocycles. The van der Waals surface area contributed by atoms with Crippen LogP contribution in [0.3, 0.4) is 0 Å². The number of hydrogen-bond donors (Lipinski definition) is 1. The number of aryl methyl sites for hydroxylation is 1. The molecule has 0 aliphatic heterocycles. The molecule has 0 aliphatic carbocycles. The number of imidazole rings is 1. The van der Waals surface area contributed by atoms with Crippen LogP contribution >= 0.6 is 23.1 Å². The topological polar surface area (TPSA) is 55.1 Å². The molecule has 0 unspecified atom stereocenters. The highest BCUT2D eigenvalue weighted by Crippen LogP contribution is 2.26. The number of fused-ring (bicyclic) bond motifs is 1. The number of carboxylic acids is 1. The molecule has 2 aromatic heterocycles. The number of carboxylic acid groups (broad SMARTS) is 1. The Hall–Kier alpha value is -1.79. The lowest BCUT2D eigenvalue weighted by atomic mass is 10.2. The summed E-state index contributed by atoms with van der Waals surface area (Å²) < 4.78 is 2.10. The summed E-state index contributed by atoms with van der Waals surface area (Å²) in [5.74, 6) is -0.807. The van der Waals surface area contributed by atoms with E-state index in [0.29, 0.717) is 0 Å². The van der Waals surface area contributed by atoms with Gasteiger partial charge in [0.25, 0.3) is 0 Å². The number of benzene rings is 1. The highest BCUT2D eigenvalue weighted by molar-refractivity contribution is 7.99. The van der Waals surface area contributed by atoms with Gasteiger partial charge in [-0.15, -0.1) is 11.3 Å². The molecule has 0 atom stereocenters. The van der Waals surface area contributed by atoms with Gasteiger partial charge in [0, 0.05) is 4.88 Å². The van der Waals surface area contributed by atoms with E-state index in [2.05, 4.69) is 21.7 Å². The first kappa shape index (κ1) is 14.2. The van der Waals surface area contributed by atoms with Gasteiger partial charge in [0.15, 0.2) is 5.16 Å².